The van der Waals surface area contributed by atoms with E-state index in [4.69, 9.17) is 28.9 Å². The highest BCUT2D eigenvalue weighted by atomic mass is 35.5. The third kappa shape index (κ3) is 3.47. The summed E-state index contributed by atoms with van der Waals surface area (Å²) in [5, 5.41) is 0.594. The Labute approximate surface area is 122 Å². The Bertz CT molecular complexity index is 649. The first-order valence-electron chi connectivity index (χ1n) is 5.34. The van der Waals surface area contributed by atoms with Gasteiger partial charge in [-0.1, -0.05) is 29.3 Å². The molecule has 0 aliphatic carbocycles. The van der Waals surface area contributed by atoms with Gasteiger partial charge < -0.3 is 5.73 Å². The van der Waals surface area contributed by atoms with Gasteiger partial charge in [-0.15, -0.1) is 0 Å². The van der Waals surface area contributed by atoms with Crippen LogP contribution in [-0.2, 0) is 16.6 Å². The molecule has 2 N–H and O–H groups in total. The number of nitrogen functional groups attached to an aromatic ring is 1. The monoisotopic (exact) mass is 317 g/mol. The van der Waals surface area contributed by atoms with Crippen molar-refractivity contribution in [2.75, 3.05) is 5.73 Å². The number of benzene rings is 2. The molecule has 6 heteroatoms. The average molecular weight is 318 g/mol. The smallest absolute Gasteiger partial charge is 0.124 e. The summed E-state index contributed by atoms with van der Waals surface area (Å²) in [5.74, 6) is -0.256. The maximum atomic E-state index is 12.9. The average Bonchev–Trinajstić information content (AvgIpc) is 2.32. The lowest BCUT2D eigenvalue weighted by Gasteiger charge is -2.07. The van der Waals surface area contributed by atoms with Crippen molar-refractivity contribution in [2.45, 2.75) is 10.6 Å². The first kappa shape index (κ1) is 14.3. The predicted octanol–water partition coefficient (Wildman–Crippen LogP) is 4.02. The van der Waals surface area contributed by atoms with Crippen LogP contribution in [-0.4, -0.2) is 4.21 Å². The van der Waals surface area contributed by atoms with E-state index in [-0.39, 0.29) is 10.8 Å². The minimum Gasteiger partial charge on any atom is -0.399 e. The quantitative estimate of drug-likeness (QED) is 0.869. The van der Waals surface area contributed by atoms with Crippen molar-refractivity contribution < 1.29 is 8.60 Å². The van der Waals surface area contributed by atoms with E-state index in [1.54, 1.807) is 18.2 Å². The number of rotatable bonds is 3. The largest absolute Gasteiger partial charge is 0.399 e. The van der Waals surface area contributed by atoms with Crippen LogP contribution in [0.3, 0.4) is 0 Å². The van der Waals surface area contributed by atoms with E-state index in [1.165, 1.54) is 18.2 Å². The van der Waals surface area contributed by atoms with E-state index in [0.29, 0.717) is 21.2 Å². The van der Waals surface area contributed by atoms with Gasteiger partial charge in [0.2, 0.25) is 0 Å². The van der Waals surface area contributed by atoms with Crippen LogP contribution in [0, 0.1) is 5.82 Å². The Kier molecular flexibility index (Phi) is 4.45. The topological polar surface area (TPSA) is 43.1 Å². The molecule has 2 nitrogen and oxygen atoms in total. The summed E-state index contributed by atoms with van der Waals surface area (Å²) in [6.07, 6.45) is 0. The summed E-state index contributed by atoms with van der Waals surface area (Å²) in [5.41, 5.74) is 6.69. The van der Waals surface area contributed by atoms with Crippen molar-refractivity contribution in [1.29, 1.82) is 0 Å². The van der Waals surface area contributed by atoms with Gasteiger partial charge in [-0.05, 0) is 35.9 Å². The SMILES string of the molecule is Nc1ccc(S(=O)Cc2ccc(F)cc2Cl)c(Cl)c1. The van der Waals surface area contributed by atoms with Crippen LogP contribution in [0.2, 0.25) is 10.0 Å². The fraction of sp³-hybridized carbons (Fsp3) is 0.0769. The van der Waals surface area contributed by atoms with Crippen LogP contribution >= 0.6 is 23.2 Å². The minimum atomic E-state index is -1.37. The molecule has 2 aromatic carbocycles. The van der Waals surface area contributed by atoms with Crippen LogP contribution < -0.4 is 5.73 Å². The maximum absolute atomic E-state index is 12.9. The molecule has 0 radical (unpaired) electrons. The van der Waals surface area contributed by atoms with Crippen molar-refractivity contribution in [1.82, 2.24) is 0 Å². The second-order valence-corrected chi connectivity index (χ2v) is 6.15. The van der Waals surface area contributed by atoms with Gasteiger partial charge in [0.25, 0.3) is 0 Å². The zero-order valence-corrected chi connectivity index (χ0v) is 12.0. The van der Waals surface area contributed by atoms with Crippen LogP contribution in [0.5, 0.6) is 0 Å². The van der Waals surface area contributed by atoms with Gasteiger partial charge in [0, 0.05) is 10.7 Å². The van der Waals surface area contributed by atoms with E-state index < -0.39 is 16.6 Å². The molecule has 0 aromatic heterocycles. The van der Waals surface area contributed by atoms with Crippen molar-refractivity contribution in [3.63, 3.8) is 0 Å². The molecule has 0 bridgehead atoms. The molecule has 2 rings (SSSR count). The number of nitrogens with two attached hydrogens (primary N) is 1. The van der Waals surface area contributed by atoms with E-state index >= 15 is 0 Å². The fourth-order valence-corrected chi connectivity index (χ4v) is 3.51. The van der Waals surface area contributed by atoms with Crippen molar-refractivity contribution in [3.05, 3.63) is 57.8 Å². The molecule has 1 atom stereocenters. The van der Waals surface area contributed by atoms with Crippen molar-refractivity contribution in [3.8, 4) is 0 Å². The number of hydrogen-bond donors (Lipinski definition) is 1. The van der Waals surface area contributed by atoms with Crippen LogP contribution in [0.4, 0.5) is 10.1 Å². The normalized spacial score (nSPS) is 12.4. The van der Waals surface area contributed by atoms with Crippen LogP contribution in [0.15, 0.2) is 41.3 Å². The molecule has 0 amide bonds. The molecule has 1 unspecified atom stereocenters. The van der Waals surface area contributed by atoms with Crippen molar-refractivity contribution in [2.24, 2.45) is 0 Å². The Morgan fingerprint density at radius 3 is 2.47 bits per heavy atom. The lowest BCUT2D eigenvalue weighted by Crippen LogP contribution is -1.99. The van der Waals surface area contributed by atoms with Gasteiger partial charge in [-0.25, -0.2) is 4.39 Å². The molecule has 2 aromatic rings. The molecular formula is C13H10Cl2FNOS. The van der Waals surface area contributed by atoms with E-state index in [2.05, 4.69) is 0 Å². The first-order valence-corrected chi connectivity index (χ1v) is 7.42. The molecule has 0 spiro atoms. The highest BCUT2D eigenvalue weighted by molar-refractivity contribution is 7.84. The summed E-state index contributed by atoms with van der Waals surface area (Å²) in [6, 6.07) is 8.78. The Hall–Kier alpha value is -1.10. The molecule has 0 saturated carbocycles. The fourth-order valence-electron chi connectivity index (χ4n) is 1.56. The van der Waals surface area contributed by atoms with Gasteiger partial charge in [0.05, 0.1) is 26.5 Å². The van der Waals surface area contributed by atoms with Gasteiger partial charge in [0.15, 0.2) is 0 Å². The van der Waals surface area contributed by atoms with Gasteiger partial charge in [-0.3, -0.25) is 4.21 Å². The zero-order chi connectivity index (χ0) is 14.0. The molecule has 0 aliphatic rings. The summed E-state index contributed by atoms with van der Waals surface area (Å²) < 4.78 is 25.1. The number of hydrogen-bond acceptors (Lipinski definition) is 2. The summed E-state index contributed by atoms with van der Waals surface area (Å²) in [6.45, 7) is 0. The van der Waals surface area contributed by atoms with E-state index in [9.17, 15) is 8.60 Å². The molecular weight excluding hydrogens is 308 g/mol. The summed E-state index contributed by atoms with van der Waals surface area (Å²) >= 11 is 11.9. The Balaban J connectivity index is 2.25. The Morgan fingerprint density at radius 1 is 1.11 bits per heavy atom. The summed E-state index contributed by atoms with van der Waals surface area (Å²) in [7, 11) is -1.37. The second-order valence-electron chi connectivity index (χ2n) is 3.92. The molecule has 0 heterocycles. The highest BCUT2D eigenvalue weighted by Gasteiger charge is 2.12. The molecule has 19 heavy (non-hydrogen) atoms. The molecule has 0 fully saturated rings. The summed E-state index contributed by atoms with van der Waals surface area (Å²) in [4.78, 5) is 0.483. The van der Waals surface area contributed by atoms with E-state index in [1.807, 2.05) is 0 Å². The second kappa shape index (κ2) is 5.90. The number of halogens is 3. The standard InChI is InChI=1S/C13H10Cl2FNOS/c14-11-5-9(16)2-1-8(11)7-19(18)13-4-3-10(17)6-12(13)15/h1-6H,7,17H2. The first-order chi connectivity index (χ1) is 8.97. The Morgan fingerprint density at radius 2 is 1.84 bits per heavy atom. The predicted molar refractivity (Wildman–Crippen MR) is 77.4 cm³/mol. The van der Waals surface area contributed by atoms with Gasteiger partial charge in [0.1, 0.15) is 5.82 Å². The molecule has 0 saturated heterocycles. The number of anilines is 1. The third-order valence-electron chi connectivity index (χ3n) is 2.50. The third-order valence-corrected chi connectivity index (χ3v) is 4.70. The lowest BCUT2D eigenvalue weighted by atomic mass is 10.2. The van der Waals surface area contributed by atoms with Crippen LogP contribution in [0.1, 0.15) is 5.56 Å². The lowest BCUT2D eigenvalue weighted by molar-refractivity contribution is 0.627. The van der Waals surface area contributed by atoms with Gasteiger partial charge in [-0.2, -0.15) is 0 Å². The molecule has 0 aliphatic heterocycles. The van der Waals surface area contributed by atoms with E-state index in [0.717, 1.165) is 0 Å². The van der Waals surface area contributed by atoms with Gasteiger partial charge >= 0.3 is 0 Å². The van der Waals surface area contributed by atoms with Crippen molar-refractivity contribution >= 4 is 39.7 Å². The zero-order valence-electron chi connectivity index (χ0n) is 9.70. The minimum absolute atomic E-state index is 0.169. The van der Waals surface area contributed by atoms with Crippen LogP contribution in [0.25, 0.3) is 0 Å². The highest BCUT2D eigenvalue weighted by Crippen LogP contribution is 2.26. The molecule has 100 valence electrons. The maximum Gasteiger partial charge on any atom is 0.124 e.